The Morgan fingerprint density at radius 3 is 2.59 bits per heavy atom. The number of benzene rings is 3. The second kappa shape index (κ2) is 12.0. The fourth-order valence-corrected chi connectivity index (χ4v) is 5.22. The molecule has 3 aromatic rings. The molecule has 9 nitrogen and oxygen atoms in total. The van der Waals surface area contributed by atoms with Gasteiger partial charge in [-0.25, -0.2) is 4.99 Å². The molecule has 2 heterocycles. The minimum Gasteiger partial charge on any atom is -0.497 e. The maximum absolute atomic E-state index is 13.0. The van der Waals surface area contributed by atoms with Gasteiger partial charge < -0.3 is 15.4 Å². The van der Waals surface area contributed by atoms with E-state index in [1.54, 1.807) is 36.3 Å². The summed E-state index contributed by atoms with van der Waals surface area (Å²) in [6, 6.07) is 23.5. The van der Waals surface area contributed by atoms with Gasteiger partial charge in [0.25, 0.3) is 5.91 Å². The summed E-state index contributed by atoms with van der Waals surface area (Å²) >= 11 is 1.19. The van der Waals surface area contributed by atoms with E-state index in [0.29, 0.717) is 46.7 Å². The summed E-state index contributed by atoms with van der Waals surface area (Å²) in [4.78, 5) is 49.3. The zero-order chi connectivity index (χ0) is 27.2. The Labute approximate surface area is 230 Å². The third-order valence-electron chi connectivity index (χ3n) is 6.25. The van der Waals surface area contributed by atoms with E-state index in [0.717, 1.165) is 5.56 Å². The van der Waals surface area contributed by atoms with E-state index in [1.165, 1.54) is 11.8 Å². The van der Waals surface area contributed by atoms with Gasteiger partial charge in [0.1, 0.15) is 17.6 Å². The molecule has 1 unspecified atom stereocenters. The summed E-state index contributed by atoms with van der Waals surface area (Å²) < 4.78 is 5.21. The van der Waals surface area contributed by atoms with Gasteiger partial charge in [-0.2, -0.15) is 4.99 Å². The van der Waals surface area contributed by atoms with Crippen LogP contribution < -0.4 is 15.4 Å². The highest BCUT2D eigenvalue weighted by Crippen LogP contribution is 2.35. The lowest BCUT2D eigenvalue weighted by atomic mass is 10.1. The smallest absolute Gasteiger partial charge is 0.271 e. The number of hydrogen-bond donors (Lipinski definition) is 2. The number of carbonyl (C=O) groups excluding carboxylic acids is 3. The minimum absolute atomic E-state index is 0.0478. The number of carbonyl (C=O) groups is 3. The highest BCUT2D eigenvalue weighted by Gasteiger charge is 2.42. The molecule has 2 aliphatic rings. The highest BCUT2D eigenvalue weighted by atomic mass is 32.2. The van der Waals surface area contributed by atoms with Crippen molar-refractivity contribution in [3.05, 3.63) is 90.0 Å². The molecule has 0 bridgehead atoms. The molecular formula is C29H27N5O4S. The van der Waals surface area contributed by atoms with Crippen molar-refractivity contribution >= 4 is 51.9 Å². The summed E-state index contributed by atoms with van der Waals surface area (Å²) in [6.45, 7) is 0.459. The first-order valence-electron chi connectivity index (χ1n) is 12.5. The minimum atomic E-state index is -0.835. The number of rotatable bonds is 9. The molecule has 3 amide bonds. The lowest BCUT2D eigenvalue weighted by molar-refractivity contribution is -0.126. The normalized spacial score (nSPS) is 15.6. The molecule has 0 radical (unpaired) electrons. The van der Waals surface area contributed by atoms with Gasteiger partial charge in [0.15, 0.2) is 5.17 Å². The van der Waals surface area contributed by atoms with Crippen LogP contribution >= 0.6 is 11.8 Å². The van der Waals surface area contributed by atoms with Gasteiger partial charge in [0.2, 0.25) is 11.8 Å². The van der Waals surface area contributed by atoms with Gasteiger partial charge in [-0.05, 0) is 36.2 Å². The molecule has 0 spiro atoms. The van der Waals surface area contributed by atoms with Crippen LogP contribution in [-0.4, -0.2) is 59.1 Å². The third-order valence-corrected chi connectivity index (χ3v) is 7.20. The number of fused-ring (bicyclic) bond motifs is 3. The Morgan fingerprint density at radius 1 is 0.974 bits per heavy atom. The van der Waals surface area contributed by atoms with Crippen LogP contribution in [0.1, 0.15) is 17.5 Å². The standard InChI is InChI=1S/C29H27N5O4S/c1-38-21-11-7-10-20(16-21)31-26(36)18-39-29-32-23-13-6-5-12-22(23)27-33-28(37)24(34(27)29)17-25(35)30-15-14-19-8-3-2-4-9-19/h2-13,16,24H,14-15,17-18H2,1H3,(H,30,35)(H,31,36). The van der Waals surface area contributed by atoms with Crippen molar-refractivity contribution < 1.29 is 19.1 Å². The fraction of sp³-hybridized carbons (Fsp3) is 0.207. The zero-order valence-electron chi connectivity index (χ0n) is 21.3. The van der Waals surface area contributed by atoms with Crippen LogP contribution in [0.5, 0.6) is 5.75 Å². The Balaban J connectivity index is 1.27. The largest absolute Gasteiger partial charge is 0.497 e. The van der Waals surface area contributed by atoms with Crippen molar-refractivity contribution in [2.75, 3.05) is 24.7 Å². The monoisotopic (exact) mass is 541 g/mol. The van der Waals surface area contributed by atoms with Crippen molar-refractivity contribution in [1.82, 2.24) is 10.2 Å². The van der Waals surface area contributed by atoms with Crippen LogP contribution in [0.15, 0.2) is 88.8 Å². The predicted molar refractivity (Wildman–Crippen MR) is 153 cm³/mol. The summed E-state index contributed by atoms with van der Waals surface area (Å²) in [5.74, 6) is 0.229. The maximum Gasteiger partial charge on any atom is 0.271 e. The molecule has 3 aromatic carbocycles. The molecule has 5 rings (SSSR count). The number of anilines is 1. The van der Waals surface area contributed by atoms with E-state index in [9.17, 15) is 14.4 Å². The first kappa shape index (κ1) is 26.2. The van der Waals surface area contributed by atoms with Crippen molar-refractivity contribution in [3.63, 3.8) is 0 Å². The average molecular weight is 542 g/mol. The van der Waals surface area contributed by atoms with E-state index >= 15 is 0 Å². The molecule has 0 saturated heterocycles. The second-order valence-electron chi connectivity index (χ2n) is 8.93. The number of amidine groups is 2. The van der Waals surface area contributed by atoms with Gasteiger partial charge in [0, 0.05) is 23.9 Å². The number of ether oxygens (including phenoxy) is 1. The SMILES string of the molecule is COc1cccc(NC(=O)CSC2=Nc3ccccc3C3=NC(=O)C(CC(=O)NCCc4ccccc4)N23)c1. The topological polar surface area (TPSA) is 112 Å². The average Bonchev–Trinajstić information content (AvgIpc) is 3.28. The second-order valence-corrected chi connectivity index (χ2v) is 9.87. The molecule has 0 aromatic heterocycles. The lowest BCUT2D eigenvalue weighted by Gasteiger charge is -2.30. The highest BCUT2D eigenvalue weighted by molar-refractivity contribution is 8.14. The number of aliphatic imine (C=N–C) groups is 2. The Hall–Kier alpha value is -4.44. The Morgan fingerprint density at radius 2 is 1.77 bits per heavy atom. The van der Waals surface area contributed by atoms with E-state index in [1.807, 2.05) is 54.6 Å². The molecule has 0 fully saturated rings. The van der Waals surface area contributed by atoms with Crippen LogP contribution in [0, 0.1) is 0 Å². The van der Waals surface area contributed by atoms with Crippen molar-refractivity contribution in [2.45, 2.75) is 18.9 Å². The van der Waals surface area contributed by atoms with Gasteiger partial charge in [-0.15, -0.1) is 0 Å². The van der Waals surface area contributed by atoms with Crippen LogP contribution in [-0.2, 0) is 20.8 Å². The van der Waals surface area contributed by atoms with E-state index < -0.39 is 11.9 Å². The molecule has 39 heavy (non-hydrogen) atoms. The van der Waals surface area contributed by atoms with E-state index in [-0.39, 0.29) is 24.0 Å². The number of amides is 3. The molecule has 198 valence electrons. The summed E-state index contributed by atoms with van der Waals surface area (Å²) in [5.41, 5.74) is 3.09. The first-order valence-corrected chi connectivity index (χ1v) is 13.5. The van der Waals surface area contributed by atoms with Crippen molar-refractivity contribution in [3.8, 4) is 5.75 Å². The van der Waals surface area contributed by atoms with Crippen LogP contribution in [0.25, 0.3) is 0 Å². The third kappa shape index (κ3) is 6.18. The van der Waals surface area contributed by atoms with Crippen LogP contribution in [0.4, 0.5) is 11.4 Å². The van der Waals surface area contributed by atoms with E-state index in [2.05, 4.69) is 15.6 Å². The number of hydrogen-bond acceptors (Lipinski definition) is 7. The van der Waals surface area contributed by atoms with E-state index in [4.69, 9.17) is 9.73 Å². The number of thioether (sulfide) groups is 1. The molecule has 0 aliphatic carbocycles. The Bertz CT molecular complexity index is 1460. The van der Waals surface area contributed by atoms with Crippen LogP contribution in [0.2, 0.25) is 0 Å². The summed E-state index contributed by atoms with van der Waals surface area (Å²) in [7, 11) is 1.56. The lowest BCUT2D eigenvalue weighted by Crippen LogP contribution is -2.46. The van der Waals surface area contributed by atoms with Gasteiger partial charge in [-0.3, -0.25) is 19.3 Å². The number of para-hydroxylation sites is 1. The molecule has 2 N–H and O–H groups in total. The predicted octanol–water partition coefficient (Wildman–Crippen LogP) is 3.77. The van der Waals surface area contributed by atoms with Gasteiger partial charge in [-0.1, -0.05) is 60.3 Å². The summed E-state index contributed by atoms with van der Waals surface area (Å²) in [5, 5.41) is 6.20. The Kier molecular flexibility index (Phi) is 8.02. The van der Waals surface area contributed by atoms with Gasteiger partial charge >= 0.3 is 0 Å². The zero-order valence-corrected chi connectivity index (χ0v) is 22.1. The summed E-state index contributed by atoms with van der Waals surface area (Å²) in [6.07, 6.45) is 0.618. The molecule has 10 heteroatoms. The maximum atomic E-state index is 13.0. The quantitative estimate of drug-likeness (QED) is 0.427. The first-order chi connectivity index (χ1) is 19.0. The van der Waals surface area contributed by atoms with Crippen LogP contribution in [0.3, 0.4) is 0 Å². The van der Waals surface area contributed by atoms with Crippen molar-refractivity contribution in [1.29, 1.82) is 0 Å². The fourth-order valence-electron chi connectivity index (χ4n) is 4.37. The number of nitrogens with one attached hydrogen (secondary N) is 2. The molecule has 0 saturated carbocycles. The van der Waals surface area contributed by atoms with Crippen molar-refractivity contribution in [2.24, 2.45) is 9.98 Å². The molecule has 2 aliphatic heterocycles. The molecule has 1 atom stereocenters. The number of nitrogens with zero attached hydrogens (tertiary/aromatic N) is 3. The molecular weight excluding hydrogens is 514 g/mol. The van der Waals surface area contributed by atoms with Gasteiger partial charge in [0.05, 0.1) is 25.0 Å². The number of methoxy groups -OCH3 is 1.